The molecule has 0 aromatic carbocycles. The van der Waals surface area contributed by atoms with Gasteiger partial charge >= 0.3 is 0 Å². The van der Waals surface area contributed by atoms with Gasteiger partial charge in [0.1, 0.15) is 17.0 Å². The molecule has 0 spiro atoms. The van der Waals surface area contributed by atoms with E-state index in [1.165, 1.54) is 0 Å². The number of aromatic nitrogens is 1. The van der Waals surface area contributed by atoms with Crippen LogP contribution in [0.3, 0.4) is 0 Å². The van der Waals surface area contributed by atoms with Crippen molar-refractivity contribution in [2.45, 2.75) is 32.1 Å². The van der Waals surface area contributed by atoms with Crippen molar-refractivity contribution in [2.24, 2.45) is 0 Å². The molecule has 0 radical (unpaired) electrons. The third-order valence-corrected chi connectivity index (χ3v) is 3.55. The molecule has 1 aromatic heterocycles. The van der Waals surface area contributed by atoms with Crippen LogP contribution in [0.4, 0.5) is 11.5 Å². The SMILES string of the molecule is [C-]#[N+]c1c(N(C)CCC)nc(Cl)c(C#N)c1C1CC1. The Morgan fingerprint density at radius 3 is 2.74 bits per heavy atom. The van der Waals surface area contributed by atoms with Gasteiger partial charge < -0.3 is 4.90 Å². The Morgan fingerprint density at radius 2 is 2.26 bits per heavy atom. The van der Waals surface area contributed by atoms with Crippen molar-refractivity contribution in [3.63, 3.8) is 0 Å². The summed E-state index contributed by atoms with van der Waals surface area (Å²) in [5.41, 5.74) is 1.68. The predicted molar refractivity (Wildman–Crippen MR) is 75.8 cm³/mol. The molecule has 1 aromatic rings. The van der Waals surface area contributed by atoms with Crippen molar-refractivity contribution in [3.05, 3.63) is 27.7 Å². The minimum Gasteiger partial charge on any atom is -0.368 e. The van der Waals surface area contributed by atoms with E-state index in [2.05, 4.69) is 22.8 Å². The van der Waals surface area contributed by atoms with Gasteiger partial charge in [0.2, 0.25) is 5.69 Å². The van der Waals surface area contributed by atoms with Crippen LogP contribution < -0.4 is 4.90 Å². The third-order valence-electron chi connectivity index (χ3n) is 3.28. The molecule has 98 valence electrons. The molecule has 0 amide bonds. The standard InChI is InChI=1S/C14H15ClN4/c1-4-7-19(3)14-12(17-2)11(9-5-6-9)10(8-16)13(15)18-14/h9H,4-7H2,1,3H3. The van der Waals surface area contributed by atoms with Gasteiger partial charge in [0.05, 0.1) is 12.1 Å². The van der Waals surface area contributed by atoms with E-state index in [1.807, 2.05) is 11.9 Å². The third kappa shape index (κ3) is 2.50. The highest BCUT2D eigenvalue weighted by atomic mass is 35.5. The smallest absolute Gasteiger partial charge is 0.233 e. The first-order valence-corrected chi connectivity index (χ1v) is 6.73. The maximum absolute atomic E-state index is 9.24. The Morgan fingerprint density at radius 1 is 1.58 bits per heavy atom. The first-order chi connectivity index (χ1) is 9.13. The minimum absolute atomic E-state index is 0.217. The van der Waals surface area contributed by atoms with Crippen molar-refractivity contribution >= 4 is 23.1 Å². The van der Waals surface area contributed by atoms with E-state index >= 15 is 0 Å². The molecule has 1 fully saturated rings. The van der Waals surface area contributed by atoms with Gasteiger partial charge in [-0.25, -0.2) is 9.83 Å². The van der Waals surface area contributed by atoms with E-state index in [0.717, 1.165) is 31.4 Å². The Bertz CT molecular complexity index is 579. The molecule has 1 aliphatic rings. The zero-order chi connectivity index (χ0) is 14.0. The van der Waals surface area contributed by atoms with Crippen LogP contribution in [-0.2, 0) is 0 Å². The van der Waals surface area contributed by atoms with Crippen LogP contribution in [0.5, 0.6) is 0 Å². The average molecular weight is 275 g/mol. The summed E-state index contributed by atoms with van der Waals surface area (Å²) in [7, 11) is 1.90. The predicted octanol–water partition coefficient (Wildman–Crippen LogP) is 3.88. The fourth-order valence-electron chi connectivity index (χ4n) is 2.25. The van der Waals surface area contributed by atoms with Gasteiger partial charge in [-0.15, -0.1) is 0 Å². The van der Waals surface area contributed by atoms with Crippen molar-refractivity contribution in [1.82, 2.24) is 4.98 Å². The Hall–Kier alpha value is -1.78. The molecule has 1 aliphatic carbocycles. The molecule has 0 N–H and O–H groups in total. The fourth-order valence-corrected chi connectivity index (χ4v) is 2.47. The molecule has 1 heterocycles. The van der Waals surface area contributed by atoms with Gasteiger partial charge in [-0.1, -0.05) is 18.5 Å². The average Bonchev–Trinajstić information content (AvgIpc) is 3.21. The second-order valence-electron chi connectivity index (χ2n) is 4.78. The van der Waals surface area contributed by atoms with Crippen molar-refractivity contribution in [2.75, 3.05) is 18.5 Å². The molecule has 0 saturated heterocycles. The van der Waals surface area contributed by atoms with Gasteiger partial charge in [-0.05, 0) is 30.7 Å². The number of hydrogen-bond donors (Lipinski definition) is 0. The largest absolute Gasteiger partial charge is 0.368 e. The highest BCUT2D eigenvalue weighted by molar-refractivity contribution is 6.31. The lowest BCUT2D eigenvalue weighted by molar-refractivity contribution is 0.837. The van der Waals surface area contributed by atoms with Crippen LogP contribution in [0.2, 0.25) is 5.15 Å². The first-order valence-electron chi connectivity index (χ1n) is 6.36. The molecule has 4 nitrogen and oxygen atoms in total. The van der Waals surface area contributed by atoms with Crippen molar-refractivity contribution in [3.8, 4) is 6.07 Å². The lowest BCUT2D eigenvalue weighted by Gasteiger charge is -2.21. The van der Waals surface area contributed by atoms with Gasteiger partial charge in [0.25, 0.3) is 0 Å². The summed E-state index contributed by atoms with van der Waals surface area (Å²) < 4.78 is 0. The molecule has 0 atom stereocenters. The van der Waals surface area contributed by atoms with E-state index < -0.39 is 0 Å². The monoisotopic (exact) mass is 274 g/mol. The fraction of sp³-hybridized carbons (Fsp3) is 0.500. The summed E-state index contributed by atoms with van der Waals surface area (Å²) in [5.74, 6) is 0.899. The number of nitrogens with zero attached hydrogens (tertiary/aromatic N) is 4. The van der Waals surface area contributed by atoms with Crippen molar-refractivity contribution < 1.29 is 0 Å². The summed E-state index contributed by atoms with van der Waals surface area (Å²) in [6, 6.07) is 2.10. The zero-order valence-corrected chi connectivity index (χ0v) is 11.8. The summed E-state index contributed by atoms with van der Waals surface area (Å²) in [6.07, 6.45) is 3.01. The first kappa shape index (κ1) is 13.6. The van der Waals surface area contributed by atoms with Gasteiger partial charge in [0.15, 0.2) is 0 Å². The van der Waals surface area contributed by atoms with Crippen molar-refractivity contribution in [1.29, 1.82) is 5.26 Å². The van der Waals surface area contributed by atoms with Gasteiger partial charge in [-0.3, -0.25) is 0 Å². The van der Waals surface area contributed by atoms with E-state index in [9.17, 15) is 5.26 Å². The number of rotatable bonds is 4. The molecular weight excluding hydrogens is 260 g/mol. The highest BCUT2D eigenvalue weighted by Gasteiger charge is 2.33. The van der Waals surface area contributed by atoms with E-state index in [0.29, 0.717) is 23.0 Å². The zero-order valence-electron chi connectivity index (χ0n) is 11.1. The summed E-state index contributed by atoms with van der Waals surface area (Å²) in [4.78, 5) is 9.82. The number of hydrogen-bond acceptors (Lipinski definition) is 3. The molecule has 2 rings (SSSR count). The lowest BCUT2D eigenvalue weighted by Crippen LogP contribution is -2.20. The quantitative estimate of drug-likeness (QED) is 0.618. The van der Waals surface area contributed by atoms with E-state index in [4.69, 9.17) is 18.2 Å². The van der Waals surface area contributed by atoms with Crippen LogP contribution in [0.1, 0.15) is 43.2 Å². The maximum Gasteiger partial charge on any atom is 0.233 e. The van der Waals surface area contributed by atoms with E-state index in [-0.39, 0.29) is 5.15 Å². The second kappa shape index (κ2) is 5.47. The summed E-state index contributed by atoms with van der Waals surface area (Å²) in [6.45, 7) is 10.3. The van der Waals surface area contributed by atoms with Crippen LogP contribution >= 0.6 is 11.6 Å². The number of anilines is 1. The second-order valence-corrected chi connectivity index (χ2v) is 5.14. The van der Waals surface area contributed by atoms with Crippen LogP contribution in [0.15, 0.2) is 0 Å². The molecule has 0 aliphatic heterocycles. The van der Waals surface area contributed by atoms with Crippen LogP contribution in [0.25, 0.3) is 4.85 Å². The number of halogens is 1. The molecule has 0 unspecified atom stereocenters. The lowest BCUT2D eigenvalue weighted by atomic mass is 10.0. The summed E-state index contributed by atoms with van der Waals surface area (Å²) >= 11 is 6.12. The number of pyridine rings is 1. The van der Waals surface area contributed by atoms with Crippen LogP contribution in [0, 0.1) is 17.9 Å². The maximum atomic E-state index is 9.24. The molecule has 5 heteroatoms. The normalized spacial score (nSPS) is 13.7. The summed E-state index contributed by atoms with van der Waals surface area (Å²) in [5, 5.41) is 9.46. The Labute approximate surface area is 118 Å². The Balaban J connectivity index is 2.63. The topological polar surface area (TPSA) is 44.3 Å². The van der Waals surface area contributed by atoms with Gasteiger partial charge in [-0.2, -0.15) is 5.26 Å². The molecule has 1 saturated carbocycles. The van der Waals surface area contributed by atoms with E-state index in [1.54, 1.807) is 0 Å². The number of nitriles is 1. The molecular formula is C14H15ClN4. The van der Waals surface area contributed by atoms with Crippen LogP contribution in [-0.4, -0.2) is 18.6 Å². The minimum atomic E-state index is 0.217. The molecule has 0 bridgehead atoms. The highest BCUT2D eigenvalue weighted by Crippen LogP contribution is 2.49. The van der Waals surface area contributed by atoms with Gasteiger partial charge in [0, 0.05) is 13.6 Å². The Kier molecular flexibility index (Phi) is 3.93. The molecule has 19 heavy (non-hydrogen) atoms.